The maximum Gasteiger partial charge on any atom is 0.253 e. The zero-order chi connectivity index (χ0) is 19.4. The van der Waals surface area contributed by atoms with Crippen molar-refractivity contribution in [2.75, 3.05) is 26.2 Å². The highest BCUT2D eigenvalue weighted by molar-refractivity contribution is 9.10. The molecular weight excluding hydrogens is 400 g/mol. The molecule has 0 N–H and O–H groups in total. The minimum atomic E-state index is 0.138. The van der Waals surface area contributed by atoms with Crippen molar-refractivity contribution in [3.8, 4) is 0 Å². The van der Waals surface area contributed by atoms with Gasteiger partial charge in [0.2, 0.25) is 0 Å². The van der Waals surface area contributed by atoms with Gasteiger partial charge in [0, 0.05) is 42.8 Å². The van der Waals surface area contributed by atoms with Crippen molar-refractivity contribution in [1.29, 1.82) is 0 Å². The standard InChI is InChI=1S/C23H29BrN2O/c1-23(2,3)20-9-5-18(6-10-20)17-25-13-4-14-26(16-15-25)22(27)19-7-11-21(24)12-8-19/h5-12H,4,13-17H2,1-3H3. The van der Waals surface area contributed by atoms with Gasteiger partial charge >= 0.3 is 0 Å². The zero-order valence-corrected chi connectivity index (χ0v) is 18.1. The van der Waals surface area contributed by atoms with Crippen LogP contribution in [0.3, 0.4) is 0 Å². The Morgan fingerprint density at radius 2 is 1.59 bits per heavy atom. The van der Waals surface area contributed by atoms with Gasteiger partial charge in [-0.2, -0.15) is 0 Å². The van der Waals surface area contributed by atoms with Crippen LogP contribution >= 0.6 is 15.9 Å². The van der Waals surface area contributed by atoms with E-state index in [1.165, 1.54) is 11.1 Å². The Morgan fingerprint density at radius 3 is 2.22 bits per heavy atom. The Bertz CT molecular complexity index is 762. The van der Waals surface area contributed by atoms with Crippen molar-refractivity contribution < 1.29 is 4.79 Å². The van der Waals surface area contributed by atoms with Crippen LogP contribution in [-0.4, -0.2) is 41.9 Å². The highest BCUT2D eigenvalue weighted by Gasteiger charge is 2.20. The van der Waals surface area contributed by atoms with E-state index >= 15 is 0 Å². The molecule has 0 unspecified atom stereocenters. The van der Waals surface area contributed by atoms with Gasteiger partial charge in [0.25, 0.3) is 5.91 Å². The molecule has 1 amide bonds. The number of amides is 1. The minimum Gasteiger partial charge on any atom is -0.337 e. The fourth-order valence-corrected chi connectivity index (χ4v) is 3.74. The van der Waals surface area contributed by atoms with Crippen molar-refractivity contribution in [2.24, 2.45) is 0 Å². The molecule has 2 aromatic carbocycles. The van der Waals surface area contributed by atoms with E-state index in [-0.39, 0.29) is 11.3 Å². The molecule has 1 fully saturated rings. The molecule has 0 aromatic heterocycles. The highest BCUT2D eigenvalue weighted by Crippen LogP contribution is 2.23. The third-order valence-corrected chi connectivity index (χ3v) is 5.72. The number of hydrogen-bond acceptors (Lipinski definition) is 2. The number of hydrogen-bond donors (Lipinski definition) is 0. The molecule has 0 spiro atoms. The molecule has 0 saturated carbocycles. The summed E-state index contributed by atoms with van der Waals surface area (Å²) in [6.45, 7) is 11.2. The molecule has 0 bridgehead atoms. The Labute approximate surface area is 171 Å². The molecule has 3 nitrogen and oxygen atoms in total. The minimum absolute atomic E-state index is 0.138. The molecule has 144 valence electrons. The third-order valence-electron chi connectivity index (χ3n) is 5.19. The van der Waals surface area contributed by atoms with Crippen LogP contribution in [0.25, 0.3) is 0 Å². The summed E-state index contributed by atoms with van der Waals surface area (Å²) in [6, 6.07) is 16.6. The smallest absolute Gasteiger partial charge is 0.253 e. The molecule has 1 heterocycles. The lowest BCUT2D eigenvalue weighted by Gasteiger charge is -2.23. The van der Waals surface area contributed by atoms with Crippen LogP contribution in [0.4, 0.5) is 0 Å². The molecule has 4 heteroatoms. The molecule has 0 aliphatic carbocycles. The van der Waals surface area contributed by atoms with Gasteiger partial charge in [-0.05, 0) is 47.2 Å². The maximum atomic E-state index is 12.8. The first-order valence-corrected chi connectivity index (χ1v) is 10.5. The average Bonchev–Trinajstić information content (AvgIpc) is 2.87. The van der Waals surface area contributed by atoms with Crippen LogP contribution < -0.4 is 0 Å². The fraction of sp³-hybridized carbons (Fsp3) is 0.435. The molecular formula is C23H29BrN2O. The van der Waals surface area contributed by atoms with Gasteiger partial charge in [-0.3, -0.25) is 9.69 Å². The molecule has 1 aliphatic heterocycles. The third kappa shape index (κ3) is 5.43. The second kappa shape index (κ2) is 8.57. The first kappa shape index (κ1) is 20.1. The lowest BCUT2D eigenvalue weighted by Crippen LogP contribution is -2.35. The molecule has 1 aliphatic rings. The summed E-state index contributed by atoms with van der Waals surface area (Å²) in [5.41, 5.74) is 3.67. The first-order valence-electron chi connectivity index (χ1n) is 9.69. The highest BCUT2D eigenvalue weighted by atomic mass is 79.9. The van der Waals surface area contributed by atoms with Crippen LogP contribution in [0, 0.1) is 0 Å². The van der Waals surface area contributed by atoms with Crippen LogP contribution in [-0.2, 0) is 12.0 Å². The number of nitrogens with zero attached hydrogens (tertiary/aromatic N) is 2. The number of carbonyl (C=O) groups excluding carboxylic acids is 1. The van der Waals surface area contributed by atoms with Gasteiger partial charge in [-0.25, -0.2) is 0 Å². The second-order valence-electron chi connectivity index (χ2n) is 8.38. The van der Waals surface area contributed by atoms with E-state index in [1.54, 1.807) is 0 Å². The van der Waals surface area contributed by atoms with Crippen molar-refractivity contribution in [1.82, 2.24) is 9.80 Å². The molecule has 0 atom stereocenters. The van der Waals surface area contributed by atoms with E-state index in [0.29, 0.717) is 0 Å². The Hall–Kier alpha value is -1.65. The summed E-state index contributed by atoms with van der Waals surface area (Å²) in [5.74, 6) is 0.138. The summed E-state index contributed by atoms with van der Waals surface area (Å²) in [6.07, 6.45) is 1.02. The van der Waals surface area contributed by atoms with Gasteiger partial charge in [0.15, 0.2) is 0 Å². The van der Waals surface area contributed by atoms with E-state index in [9.17, 15) is 4.79 Å². The van der Waals surface area contributed by atoms with Crippen LogP contribution in [0.5, 0.6) is 0 Å². The van der Waals surface area contributed by atoms with E-state index in [1.807, 2.05) is 29.2 Å². The van der Waals surface area contributed by atoms with Gasteiger partial charge in [0.05, 0.1) is 0 Å². The quantitative estimate of drug-likeness (QED) is 0.678. The molecule has 0 radical (unpaired) electrons. The molecule has 2 aromatic rings. The lowest BCUT2D eigenvalue weighted by molar-refractivity contribution is 0.0761. The van der Waals surface area contributed by atoms with E-state index in [0.717, 1.165) is 49.2 Å². The van der Waals surface area contributed by atoms with Gasteiger partial charge in [-0.1, -0.05) is 61.0 Å². The largest absolute Gasteiger partial charge is 0.337 e. The number of rotatable bonds is 3. The molecule has 27 heavy (non-hydrogen) atoms. The summed E-state index contributed by atoms with van der Waals surface area (Å²) >= 11 is 3.43. The maximum absolute atomic E-state index is 12.8. The van der Waals surface area contributed by atoms with E-state index in [2.05, 4.69) is 65.9 Å². The fourth-order valence-electron chi connectivity index (χ4n) is 3.48. The van der Waals surface area contributed by atoms with E-state index < -0.39 is 0 Å². The Kier molecular flexibility index (Phi) is 6.38. The summed E-state index contributed by atoms with van der Waals surface area (Å²) < 4.78 is 0.999. The number of halogens is 1. The Balaban J connectivity index is 1.58. The normalized spacial score (nSPS) is 16.2. The van der Waals surface area contributed by atoms with E-state index in [4.69, 9.17) is 0 Å². The number of benzene rings is 2. The van der Waals surface area contributed by atoms with Gasteiger partial charge in [-0.15, -0.1) is 0 Å². The monoisotopic (exact) mass is 428 g/mol. The summed E-state index contributed by atoms with van der Waals surface area (Å²) in [4.78, 5) is 17.2. The first-order chi connectivity index (χ1) is 12.8. The van der Waals surface area contributed by atoms with Crippen LogP contribution in [0.1, 0.15) is 48.7 Å². The van der Waals surface area contributed by atoms with Gasteiger partial charge < -0.3 is 4.90 Å². The molecule has 1 saturated heterocycles. The Morgan fingerprint density at radius 1 is 0.926 bits per heavy atom. The van der Waals surface area contributed by atoms with Crippen LogP contribution in [0.15, 0.2) is 53.0 Å². The average molecular weight is 429 g/mol. The van der Waals surface area contributed by atoms with Crippen LogP contribution in [0.2, 0.25) is 0 Å². The van der Waals surface area contributed by atoms with Crippen molar-refractivity contribution in [2.45, 2.75) is 39.2 Å². The predicted molar refractivity (Wildman–Crippen MR) is 115 cm³/mol. The predicted octanol–water partition coefficient (Wildman–Crippen LogP) is 5.09. The van der Waals surface area contributed by atoms with Crippen molar-refractivity contribution in [3.05, 3.63) is 69.7 Å². The van der Waals surface area contributed by atoms with Crippen molar-refractivity contribution in [3.63, 3.8) is 0 Å². The summed E-state index contributed by atoms with van der Waals surface area (Å²) in [5, 5.41) is 0. The lowest BCUT2D eigenvalue weighted by atomic mass is 9.87. The summed E-state index contributed by atoms with van der Waals surface area (Å²) in [7, 11) is 0. The topological polar surface area (TPSA) is 23.6 Å². The molecule has 3 rings (SSSR count). The number of carbonyl (C=O) groups is 1. The van der Waals surface area contributed by atoms with Crippen molar-refractivity contribution >= 4 is 21.8 Å². The zero-order valence-electron chi connectivity index (χ0n) is 16.5. The second-order valence-corrected chi connectivity index (χ2v) is 9.29. The SMILES string of the molecule is CC(C)(C)c1ccc(CN2CCCN(C(=O)c3ccc(Br)cc3)CC2)cc1. The van der Waals surface area contributed by atoms with Gasteiger partial charge in [0.1, 0.15) is 0 Å².